The van der Waals surface area contributed by atoms with E-state index in [-0.39, 0.29) is 0 Å². The molecule has 2 aliphatic carbocycles. The molecule has 0 aliphatic heterocycles. The van der Waals surface area contributed by atoms with Crippen LogP contribution < -0.4 is 28.2 Å². The normalized spacial score (nSPS) is 16.3. The van der Waals surface area contributed by atoms with Gasteiger partial charge in [0.1, 0.15) is 11.3 Å². The van der Waals surface area contributed by atoms with Crippen LogP contribution in [-0.2, 0) is 11.3 Å². The molecule has 0 aromatic heterocycles. The fraction of sp³-hybridized carbons (Fsp3) is 0.111. The number of hydrogen-bond acceptors (Lipinski definition) is 4. The van der Waals surface area contributed by atoms with Crippen molar-refractivity contribution in [2.24, 2.45) is 22.9 Å². The van der Waals surface area contributed by atoms with Crippen molar-refractivity contribution in [1.29, 1.82) is 0 Å². The van der Waals surface area contributed by atoms with Crippen LogP contribution in [0.15, 0.2) is 72.8 Å². The van der Waals surface area contributed by atoms with Gasteiger partial charge in [-0.2, -0.15) is 0 Å². The van der Waals surface area contributed by atoms with Gasteiger partial charge < -0.3 is 22.9 Å². The molecule has 0 saturated carbocycles. The van der Waals surface area contributed by atoms with Gasteiger partial charge in [-0.3, -0.25) is 0 Å². The van der Waals surface area contributed by atoms with Gasteiger partial charge in [0.25, 0.3) is 0 Å². The number of benzene rings is 4. The fourth-order valence-electron chi connectivity index (χ4n) is 5.28. The molecule has 6 rings (SSSR count). The topological polar surface area (TPSA) is 104 Å². The Bertz CT molecular complexity index is 1340. The van der Waals surface area contributed by atoms with Gasteiger partial charge in [-0.15, -0.1) is 9.24 Å². The highest BCUT2D eigenvalue weighted by Gasteiger charge is 2.38. The summed E-state index contributed by atoms with van der Waals surface area (Å²) in [6, 6.07) is 25.2. The van der Waals surface area contributed by atoms with Crippen molar-refractivity contribution in [3.63, 3.8) is 0 Å². The van der Waals surface area contributed by atoms with Crippen molar-refractivity contribution in [2.45, 2.75) is 18.2 Å². The summed E-state index contributed by atoms with van der Waals surface area (Å²) in [5.41, 5.74) is 35.8. The molecular weight excluding hydrogens is 411 g/mol. The molecule has 5 heteroatoms. The standard InChI is InChI=1S/C27H25N4P/c1-14-2-6-18-20-11-15(3-8-22(20)26(28,29)24(18)10-14)16-4-9-23-21(12-16)19-7-5-17(32)13-25(19)27(23,30)31/h2-13H,28-32H2,1H3. The highest BCUT2D eigenvalue weighted by Crippen LogP contribution is 2.47. The molecule has 0 amide bonds. The van der Waals surface area contributed by atoms with E-state index >= 15 is 0 Å². The highest BCUT2D eigenvalue weighted by molar-refractivity contribution is 7.27. The monoisotopic (exact) mass is 436 g/mol. The average molecular weight is 436 g/mol. The lowest BCUT2D eigenvalue weighted by Crippen LogP contribution is -2.45. The fourth-order valence-corrected chi connectivity index (χ4v) is 5.54. The number of aryl methyl sites for hydroxylation is 1. The molecule has 0 radical (unpaired) electrons. The van der Waals surface area contributed by atoms with Crippen LogP contribution in [0.1, 0.15) is 27.8 Å². The van der Waals surface area contributed by atoms with Gasteiger partial charge in [-0.1, -0.05) is 60.2 Å². The number of nitrogens with two attached hydrogens (primary N) is 4. The number of hydrogen-bond donors (Lipinski definition) is 4. The second-order valence-corrected chi connectivity index (χ2v) is 9.78. The van der Waals surface area contributed by atoms with E-state index < -0.39 is 11.3 Å². The molecule has 4 aromatic rings. The minimum Gasteiger partial charge on any atom is -0.306 e. The van der Waals surface area contributed by atoms with Crippen molar-refractivity contribution in [3.8, 4) is 33.4 Å². The van der Waals surface area contributed by atoms with Crippen LogP contribution in [0.5, 0.6) is 0 Å². The third kappa shape index (κ3) is 2.56. The zero-order valence-corrected chi connectivity index (χ0v) is 19.0. The second-order valence-electron chi connectivity index (χ2n) is 9.11. The van der Waals surface area contributed by atoms with E-state index in [1.807, 2.05) is 6.07 Å². The molecule has 8 N–H and O–H groups in total. The largest absolute Gasteiger partial charge is 0.306 e. The lowest BCUT2D eigenvalue weighted by Gasteiger charge is -2.22. The molecule has 0 heterocycles. The van der Waals surface area contributed by atoms with Gasteiger partial charge in [0, 0.05) is 0 Å². The second kappa shape index (κ2) is 6.35. The van der Waals surface area contributed by atoms with Crippen molar-refractivity contribution in [1.82, 2.24) is 0 Å². The van der Waals surface area contributed by atoms with Gasteiger partial charge in [0.15, 0.2) is 0 Å². The number of rotatable bonds is 1. The first-order chi connectivity index (χ1) is 15.2. The summed E-state index contributed by atoms with van der Waals surface area (Å²) >= 11 is 0. The van der Waals surface area contributed by atoms with E-state index in [1.54, 1.807) is 0 Å². The molecule has 2 aliphatic rings. The zero-order chi connectivity index (χ0) is 22.4. The summed E-state index contributed by atoms with van der Waals surface area (Å²) in [7, 11) is 2.72. The Kier molecular flexibility index (Phi) is 3.93. The van der Waals surface area contributed by atoms with Crippen LogP contribution in [0.4, 0.5) is 0 Å². The molecule has 0 spiro atoms. The Hall–Kier alpha value is -2.85. The van der Waals surface area contributed by atoms with E-state index in [9.17, 15) is 0 Å². The summed E-state index contributed by atoms with van der Waals surface area (Å²) in [5.74, 6) is 0. The molecule has 0 saturated heterocycles. The summed E-state index contributed by atoms with van der Waals surface area (Å²) in [6.45, 7) is 2.06. The number of fused-ring (bicyclic) bond motifs is 6. The Morgan fingerprint density at radius 3 is 1.59 bits per heavy atom. The smallest absolute Gasteiger partial charge is 0.118 e. The van der Waals surface area contributed by atoms with Crippen molar-refractivity contribution >= 4 is 14.5 Å². The highest BCUT2D eigenvalue weighted by atomic mass is 31.0. The van der Waals surface area contributed by atoms with Crippen molar-refractivity contribution in [3.05, 3.63) is 101 Å². The average Bonchev–Trinajstić information content (AvgIpc) is 3.12. The van der Waals surface area contributed by atoms with Crippen LogP contribution in [0.3, 0.4) is 0 Å². The van der Waals surface area contributed by atoms with Gasteiger partial charge in [0.2, 0.25) is 0 Å². The molecule has 4 aromatic carbocycles. The first kappa shape index (κ1) is 19.8. The predicted molar refractivity (Wildman–Crippen MR) is 135 cm³/mol. The first-order valence-corrected chi connectivity index (χ1v) is 11.2. The van der Waals surface area contributed by atoms with Gasteiger partial charge in [-0.25, -0.2) is 0 Å². The lowest BCUT2D eigenvalue weighted by atomic mass is 9.93. The van der Waals surface area contributed by atoms with Crippen LogP contribution in [0.25, 0.3) is 33.4 Å². The van der Waals surface area contributed by atoms with Crippen LogP contribution in [0, 0.1) is 6.92 Å². The molecule has 1 unspecified atom stereocenters. The maximum atomic E-state index is 6.58. The molecule has 1 atom stereocenters. The molecular formula is C27H25N4P. The van der Waals surface area contributed by atoms with Gasteiger partial charge >= 0.3 is 0 Å². The van der Waals surface area contributed by atoms with Crippen LogP contribution in [-0.4, -0.2) is 0 Å². The van der Waals surface area contributed by atoms with E-state index in [0.717, 1.165) is 66.5 Å². The van der Waals surface area contributed by atoms with E-state index in [4.69, 9.17) is 22.9 Å². The van der Waals surface area contributed by atoms with Gasteiger partial charge in [0.05, 0.1) is 0 Å². The zero-order valence-electron chi connectivity index (χ0n) is 17.8. The summed E-state index contributed by atoms with van der Waals surface area (Å²) in [5, 5.41) is 1.07. The SMILES string of the molecule is Cc1ccc2c(c1)C(N)(N)c1ccc(-c3ccc4c(c3)-c3ccc(P)cc3C4(N)N)cc1-2. The third-order valence-electron chi connectivity index (χ3n) is 6.95. The molecule has 158 valence electrons. The van der Waals surface area contributed by atoms with Crippen molar-refractivity contribution < 1.29 is 0 Å². The summed E-state index contributed by atoms with van der Waals surface area (Å²) in [6.07, 6.45) is 0. The van der Waals surface area contributed by atoms with Gasteiger partial charge in [-0.05, 0) is 86.1 Å². The third-order valence-corrected chi connectivity index (χ3v) is 7.31. The Labute approximate surface area is 189 Å². The maximum absolute atomic E-state index is 6.58. The summed E-state index contributed by atoms with van der Waals surface area (Å²) < 4.78 is 0. The Balaban J connectivity index is 1.52. The lowest BCUT2D eigenvalue weighted by molar-refractivity contribution is 0.583. The Morgan fingerprint density at radius 1 is 0.531 bits per heavy atom. The minimum atomic E-state index is -0.997. The maximum Gasteiger partial charge on any atom is 0.118 e. The van der Waals surface area contributed by atoms with E-state index in [2.05, 4.69) is 82.9 Å². The minimum absolute atomic E-state index is 0.941. The van der Waals surface area contributed by atoms with E-state index in [0.29, 0.717) is 0 Å². The molecule has 0 fully saturated rings. The first-order valence-electron chi connectivity index (χ1n) is 10.6. The molecule has 4 nitrogen and oxygen atoms in total. The quantitative estimate of drug-likeness (QED) is 0.271. The van der Waals surface area contributed by atoms with Crippen LogP contribution >= 0.6 is 9.24 Å². The molecule has 0 bridgehead atoms. The molecule has 32 heavy (non-hydrogen) atoms. The predicted octanol–water partition coefficient (Wildman–Crippen LogP) is 3.36. The van der Waals surface area contributed by atoms with Crippen LogP contribution in [0.2, 0.25) is 0 Å². The summed E-state index contributed by atoms with van der Waals surface area (Å²) in [4.78, 5) is 0. The van der Waals surface area contributed by atoms with Crippen molar-refractivity contribution in [2.75, 3.05) is 0 Å². The Morgan fingerprint density at radius 2 is 1.03 bits per heavy atom. The van der Waals surface area contributed by atoms with E-state index in [1.165, 1.54) is 0 Å².